The fourth-order valence-electron chi connectivity index (χ4n) is 5.78. The summed E-state index contributed by atoms with van der Waals surface area (Å²) in [5.41, 5.74) is 0.709. The summed E-state index contributed by atoms with van der Waals surface area (Å²) in [6, 6.07) is 46.5. The lowest BCUT2D eigenvalue weighted by atomic mass is 10.0. The topological polar surface area (TPSA) is 3.24 Å². The van der Waals surface area contributed by atoms with Crippen LogP contribution in [0.2, 0.25) is 0 Å². The van der Waals surface area contributed by atoms with E-state index in [1.54, 1.807) is 0 Å². The number of hydrogen-bond donors (Lipinski definition) is 0. The molecule has 0 aromatic heterocycles. The fraction of sp³-hybridized carbons (Fsp3) is 0.200. The maximum Gasteiger partial charge on any atom is 0.0286 e. The molecular weight excluding hydrogens is 436 g/mol. The molecule has 0 aliphatic carbocycles. The summed E-state index contributed by atoms with van der Waals surface area (Å²) >= 11 is 0. The Morgan fingerprint density at radius 2 is 0.939 bits per heavy atom. The molecule has 2 saturated heterocycles. The Hall–Kier alpha value is -2.30. The minimum absolute atomic E-state index is 0.387. The van der Waals surface area contributed by atoms with Gasteiger partial charge in [-0.05, 0) is 48.4 Å². The highest BCUT2D eigenvalue weighted by Crippen LogP contribution is 2.60. The van der Waals surface area contributed by atoms with Crippen LogP contribution in [0.3, 0.4) is 0 Å². The first kappa shape index (κ1) is 21.2. The van der Waals surface area contributed by atoms with Crippen LogP contribution in [0.1, 0.15) is 19.3 Å². The van der Waals surface area contributed by atoms with E-state index >= 15 is 0 Å². The average Bonchev–Trinajstić information content (AvgIpc) is 3.45. The first-order valence-corrected chi connectivity index (χ1v) is 14.7. The molecule has 3 atom stereocenters. The zero-order valence-corrected chi connectivity index (χ0v) is 20.5. The van der Waals surface area contributed by atoms with Gasteiger partial charge in [-0.3, -0.25) is 4.67 Å². The van der Waals surface area contributed by atoms with E-state index in [9.17, 15) is 0 Å². The van der Waals surface area contributed by atoms with Crippen LogP contribution in [-0.4, -0.2) is 22.4 Å². The van der Waals surface area contributed by atoms with Gasteiger partial charge in [-0.2, -0.15) is 0 Å². The van der Waals surface area contributed by atoms with Crippen molar-refractivity contribution in [3.8, 4) is 0 Å². The normalized spacial score (nSPS) is 22.3. The highest BCUT2D eigenvalue weighted by Gasteiger charge is 2.52. The Morgan fingerprint density at radius 1 is 0.515 bits per heavy atom. The van der Waals surface area contributed by atoms with E-state index in [2.05, 4.69) is 126 Å². The molecule has 33 heavy (non-hydrogen) atoms. The van der Waals surface area contributed by atoms with E-state index in [1.165, 1.54) is 40.5 Å². The molecule has 2 fully saturated rings. The number of hydrogen-bond acceptors (Lipinski definition) is 1. The summed E-state index contributed by atoms with van der Waals surface area (Å²) in [6.45, 7) is 0. The maximum atomic E-state index is 2.96. The molecule has 2 heterocycles. The third kappa shape index (κ3) is 4.08. The van der Waals surface area contributed by atoms with E-state index < -0.39 is 8.07 Å². The highest BCUT2D eigenvalue weighted by atomic mass is 31.1. The average molecular weight is 466 g/mol. The van der Waals surface area contributed by atoms with Gasteiger partial charge in [-0.1, -0.05) is 121 Å². The van der Waals surface area contributed by atoms with Gasteiger partial charge in [-0.25, -0.2) is 0 Å². The summed E-state index contributed by atoms with van der Waals surface area (Å²) < 4.78 is 2.96. The number of nitrogens with zero attached hydrogens (tertiary/aromatic N) is 1. The molecule has 164 valence electrons. The van der Waals surface area contributed by atoms with Gasteiger partial charge in [0.05, 0.1) is 0 Å². The molecule has 2 aliphatic rings. The standard InChI is InChI=1S/C30H29NP2/c1-5-13-25(14-6-1)32(26-15-7-2-8-16-26)30-23-24-21-22-29(30)31(24)33(27-17-9-3-10-18-27)28-19-11-4-12-20-28/h1-20,24,29-30H,21-23H2/t24-,29+,30-/m1/s1. The summed E-state index contributed by atoms with van der Waals surface area (Å²) in [6.07, 6.45) is 3.98. The van der Waals surface area contributed by atoms with E-state index in [-0.39, 0.29) is 7.92 Å². The molecule has 1 nitrogen and oxygen atoms in total. The van der Waals surface area contributed by atoms with Gasteiger partial charge in [0.2, 0.25) is 0 Å². The van der Waals surface area contributed by atoms with Gasteiger partial charge in [-0.15, -0.1) is 0 Å². The van der Waals surface area contributed by atoms with Crippen molar-refractivity contribution in [1.29, 1.82) is 0 Å². The van der Waals surface area contributed by atoms with Crippen LogP contribution < -0.4 is 21.2 Å². The number of fused-ring (bicyclic) bond motifs is 2. The zero-order valence-electron chi connectivity index (χ0n) is 18.7. The van der Waals surface area contributed by atoms with Crippen LogP contribution in [0.5, 0.6) is 0 Å². The van der Waals surface area contributed by atoms with Crippen LogP contribution in [0.4, 0.5) is 0 Å². The second-order valence-electron chi connectivity index (χ2n) is 9.01. The summed E-state index contributed by atoms with van der Waals surface area (Å²) in [5.74, 6) is 0. The van der Waals surface area contributed by atoms with E-state index in [0.717, 1.165) is 0 Å². The van der Waals surface area contributed by atoms with E-state index in [0.29, 0.717) is 17.7 Å². The van der Waals surface area contributed by atoms with Crippen molar-refractivity contribution in [3.63, 3.8) is 0 Å². The van der Waals surface area contributed by atoms with Crippen molar-refractivity contribution in [3.05, 3.63) is 121 Å². The van der Waals surface area contributed by atoms with Crippen molar-refractivity contribution in [2.45, 2.75) is 37.0 Å². The summed E-state index contributed by atoms with van der Waals surface area (Å²) in [5, 5.41) is 6.03. The number of rotatable bonds is 6. The predicted molar refractivity (Wildman–Crippen MR) is 145 cm³/mol. The molecule has 0 amide bonds. The van der Waals surface area contributed by atoms with Crippen molar-refractivity contribution in [2.75, 3.05) is 0 Å². The number of benzene rings is 4. The van der Waals surface area contributed by atoms with Crippen molar-refractivity contribution >= 4 is 37.2 Å². The third-order valence-corrected chi connectivity index (χ3v) is 12.7. The second-order valence-corrected chi connectivity index (χ2v) is 13.6. The largest absolute Gasteiger partial charge is 0.268 e. The van der Waals surface area contributed by atoms with Crippen LogP contribution in [0, 0.1) is 0 Å². The van der Waals surface area contributed by atoms with Gasteiger partial charge in [0.15, 0.2) is 0 Å². The van der Waals surface area contributed by atoms with Crippen molar-refractivity contribution in [1.82, 2.24) is 4.67 Å². The molecule has 0 unspecified atom stereocenters. The minimum atomic E-state index is -0.514. The summed E-state index contributed by atoms with van der Waals surface area (Å²) in [7, 11) is -0.901. The molecule has 2 aliphatic heterocycles. The molecular formula is C30H29NP2. The van der Waals surface area contributed by atoms with Crippen LogP contribution in [0.15, 0.2) is 121 Å². The maximum absolute atomic E-state index is 2.96. The van der Waals surface area contributed by atoms with Crippen LogP contribution in [0.25, 0.3) is 0 Å². The third-order valence-electron chi connectivity index (χ3n) is 7.10. The fourth-order valence-corrected chi connectivity index (χ4v) is 11.9. The van der Waals surface area contributed by atoms with Crippen LogP contribution >= 0.6 is 16.0 Å². The molecule has 0 saturated carbocycles. The smallest absolute Gasteiger partial charge is 0.0286 e. The van der Waals surface area contributed by atoms with Gasteiger partial charge >= 0.3 is 0 Å². The van der Waals surface area contributed by atoms with Gasteiger partial charge in [0.25, 0.3) is 0 Å². The molecule has 6 rings (SSSR count). The monoisotopic (exact) mass is 465 g/mol. The Kier molecular flexibility index (Phi) is 6.13. The lowest BCUT2D eigenvalue weighted by molar-refractivity contribution is 0.445. The Balaban J connectivity index is 1.42. The Morgan fingerprint density at radius 3 is 1.39 bits per heavy atom. The van der Waals surface area contributed by atoms with Crippen LogP contribution in [-0.2, 0) is 0 Å². The molecule has 4 aromatic carbocycles. The van der Waals surface area contributed by atoms with Gasteiger partial charge < -0.3 is 0 Å². The lowest BCUT2D eigenvalue weighted by Crippen LogP contribution is -2.36. The molecule has 0 radical (unpaired) electrons. The molecule has 3 heteroatoms. The highest BCUT2D eigenvalue weighted by molar-refractivity contribution is 7.74. The Bertz CT molecular complexity index is 1090. The van der Waals surface area contributed by atoms with E-state index in [4.69, 9.17) is 0 Å². The second kappa shape index (κ2) is 9.52. The molecule has 2 bridgehead atoms. The lowest BCUT2D eigenvalue weighted by Gasteiger charge is -2.35. The zero-order chi connectivity index (χ0) is 22.0. The van der Waals surface area contributed by atoms with Crippen molar-refractivity contribution < 1.29 is 0 Å². The minimum Gasteiger partial charge on any atom is -0.268 e. The van der Waals surface area contributed by atoms with Crippen molar-refractivity contribution in [2.24, 2.45) is 0 Å². The van der Waals surface area contributed by atoms with Gasteiger partial charge in [0.1, 0.15) is 0 Å². The molecule has 0 spiro atoms. The molecule has 0 N–H and O–H groups in total. The summed E-state index contributed by atoms with van der Waals surface area (Å²) in [4.78, 5) is 0. The first-order valence-electron chi connectivity index (χ1n) is 12.0. The quantitative estimate of drug-likeness (QED) is 0.327. The van der Waals surface area contributed by atoms with E-state index in [1.807, 2.05) is 0 Å². The van der Waals surface area contributed by atoms with Gasteiger partial charge in [0, 0.05) is 25.8 Å². The molecule has 4 aromatic rings. The Labute approximate surface area is 200 Å². The SMILES string of the molecule is c1ccc(P(c2ccccc2)[C@@H]2C[C@H]3CC[C@@H]2N3P(c2ccccc2)c2ccccc2)cc1. The first-order chi connectivity index (χ1) is 16.4. The predicted octanol–water partition coefficient (Wildman–Crippen LogP) is 5.77.